The summed E-state index contributed by atoms with van der Waals surface area (Å²) in [7, 11) is 0. The fourth-order valence-electron chi connectivity index (χ4n) is 2.56. The molecule has 3 nitrogen and oxygen atoms in total. The van der Waals surface area contributed by atoms with Crippen LogP contribution in [0, 0.1) is 0 Å². The zero-order chi connectivity index (χ0) is 13.7. The summed E-state index contributed by atoms with van der Waals surface area (Å²) in [6, 6.07) is 6.65. The van der Waals surface area contributed by atoms with E-state index in [1.165, 1.54) is 6.07 Å². The van der Waals surface area contributed by atoms with Gasteiger partial charge in [-0.1, -0.05) is 25.0 Å². The van der Waals surface area contributed by atoms with Crippen LogP contribution >= 0.6 is 0 Å². The molecule has 1 aromatic carbocycles. The predicted octanol–water partition coefficient (Wildman–Crippen LogP) is 2.68. The van der Waals surface area contributed by atoms with Gasteiger partial charge in [0.15, 0.2) is 0 Å². The molecule has 0 heterocycles. The van der Waals surface area contributed by atoms with Crippen LogP contribution in [0.15, 0.2) is 24.3 Å². The Morgan fingerprint density at radius 3 is 2.68 bits per heavy atom. The molecule has 106 valence electrons. The fourth-order valence-corrected chi connectivity index (χ4v) is 2.56. The van der Waals surface area contributed by atoms with Crippen molar-refractivity contribution < 1.29 is 18.6 Å². The van der Waals surface area contributed by atoms with Gasteiger partial charge in [-0.15, -0.1) is 0 Å². The molecule has 0 radical (unpaired) electrons. The van der Waals surface area contributed by atoms with Gasteiger partial charge in [-0.3, -0.25) is 0 Å². The number of hydrogen-bond donors (Lipinski definition) is 2. The summed E-state index contributed by atoms with van der Waals surface area (Å²) in [4.78, 5) is 0. The van der Waals surface area contributed by atoms with Crippen LogP contribution in [0.2, 0.25) is 0 Å². The quantitative estimate of drug-likeness (QED) is 0.836. The van der Waals surface area contributed by atoms with E-state index in [-0.39, 0.29) is 17.9 Å². The van der Waals surface area contributed by atoms with Crippen LogP contribution in [-0.4, -0.2) is 23.9 Å². The van der Waals surface area contributed by atoms with Crippen molar-refractivity contribution in [3.63, 3.8) is 0 Å². The average molecular weight is 271 g/mol. The van der Waals surface area contributed by atoms with E-state index in [0.717, 1.165) is 31.2 Å². The minimum atomic E-state index is -2.80. The molecule has 0 aliphatic heterocycles. The highest BCUT2D eigenvalue weighted by Crippen LogP contribution is 2.29. The van der Waals surface area contributed by atoms with Crippen molar-refractivity contribution in [3.8, 4) is 5.75 Å². The summed E-state index contributed by atoms with van der Waals surface area (Å²) in [5.74, 6) is 0.166. The molecule has 2 rings (SSSR count). The second-order valence-corrected chi connectivity index (χ2v) is 5.03. The van der Waals surface area contributed by atoms with E-state index in [0.29, 0.717) is 6.54 Å². The van der Waals surface area contributed by atoms with Crippen molar-refractivity contribution in [3.05, 3.63) is 29.8 Å². The van der Waals surface area contributed by atoms with E-state index in [1.807, 2.05) is 6.07 Å². The summed E-state index contributed by atoms with van der Waals surface area (Å²) >= 11 is 0. The molecule has 0 saturated heterocycles. The van der Waals surface area contributed by atoms with Gasteiger partial charge in [-0.2, -0.15) is 8.78 Å². The third kappa shape index (κ3) is 3.88. The van der Waals surface area contributed by atoms with Gasteiger partial charge in [0.2, 0.25) is 0 Å². The van der Waals surface area contributed by atoms with Crippen LogP contribution in [-0.2, 0) is 6.54 Å². The van der Waals surface area contributed by atoms with Gasteiger partial charge in [0.05, 0.1) is 6.61 Å². The van der Waals surface area contributed by atoms with Crippen molar-refractivity contribution in [2.45, 2.75) is 44.4 Å². The number of nitrogens with one attached hydrogen (secondary N) is 1. The summed E-state index contributed by atoms with van der Waals surface area (Å²) < 4.78 is 28.6. The molecule has 0 spiro atoms. The van der Waals surface area contributed by atoms with E-state index >= 15 is 0 Å². The molecule has 19 heavy (non-hydrogen) atoms. The van der Waals surface area contributed by atoms with Gasteiger partial charge in [0, 0.05) is 12.1 Å². The normalized spacial score (nSPS) is 17.9. The topological polar surface area (TPSA) is 41.5 Å². The Labute approximate surface area is 111 Å². The molecule has 0 amide bonds. The van der Waals surface area contributed by atoms with Gasteiger partial charge >= 0.3 is 6.61 Å². The molecule has 0 bridgehead atoms. The number of aliphatic hydroxyl groups is 1. The Kier molecular flexibility index (Phi) is 4.71. The van der Waals surface area contributed by atoms with E-state index in [2.05, 4.69) is 10.1 Å². The van der Waals surface area contributed by atoms with Gasteiger partial charge in [0.25, 0.3) is 0 Å². The summed E-state index contributed by atoms with van der Waals surface area (Å²) in [5.41, 5.74) is 0.664. The molecule has 5 heteroatoms. The third-order valence-corrected chi connectivity index (χ3v) is 3.65. The van der Waals surface area contributed by atoms with E-state index in [1.54, 1.807) is 12.1 Å². The fraction of sp³-hybridized carbons (Fsp3) is 0.571. The lowest BCUT2D eigenvalue weighted by atomic mass is 9.98. The maximum atomic E-state index is 12.1. The number of ether oxygens (including phenoxy) is 1. The highest BCUT2D eigenvalue weighted by molar-refractivity contribution is 5.28. The van der Waals surface area contributed by atoms with E-state index in [4.69, 9.17) is 0 Å². The van der Waals surface area contributed by atoms with Crippen LogP contribution in [0.4, 0.5) is 8.78 Å². The highest BCUT2D eigenvalue weighted by atomic mass is 19.3. The Hall–Kier alpha value is -1.20. The van der Waals surface area contributed by atoms with Crippen LogP contribution in [0.1, 0.15) is 31.2 Å². The van der Waals surface area contributed by atoms with Gasteiger partial charge in [-0.25, -0.2) is 0 Å². The third-order valence-electron chi connectivity index (χ3n) is 3.65. The predicted molar refractivity (Wildman–Crippen MR) is 68.2 cm³/mol. The highest BCUT2D eigenvalue weighted by Gasteiger charge is 2.32. The first-order valence-corrected chi connectivity index (χ1v) is 6.53. The molecule has 0 atom stereocenters. The molecule has 2 N–H and O–H groups in total. The van der Waals surface area contributed by atoms with Crippen LogP contribution in [0.5, 0.6) is 5.75 Å². The molecule has 1 fully saturated rings. The zero-order valence-electron chi connectivity index (χ0n) is 10.7. The Morgan fingerprint density at radius 1 is 1.32 bits per heavy atom. The van der Waals surface area contributed by atoms with Crippen LogP contribution in [0.25, 0.3) is 0 Å². The van der Waals surface area contributed by atoms with Crippen LogP contribution in [0.3, 0.4) is 0 Å². The van der Waals surface area contributed by atoms with Crippen molar-refractivity contribution in [1.29, 1.82) is 0 Å². The number of halogens is 2. The SMILES string of the molecule is OCC1(NCc2cccc(OC(F)F)c2)CCCC1. The number of aliphatic hydroxyl groups excluding tert-OH is 1. The van der Waals surface area contributed by atoms with E-state index < -0.39 is 6.61 Å². The Morgan fingerprint density at radius 2 is 2.05 bits per heavy atom. The average Bonchev–Trinajstić information content (AvgIpc) is 2.86. The van der Waals surface area contributed by atoms with Crippen molar-refractivity contribution in [2.24, 2.45) is 0 Å². The van der Waals surface area contributed by atoms with Gasteiger partial charge in [0.1, 0.15) is 5.75 Å². The maximum Gasteiger partial charge on any atom is 0.387 e. The van der Waals surface area contributed by atoms with Crippen LogP contribution < -0.4 is 10.1 Å². The first-order valence-electron chi connectivity index (χ1n) is 6.53. The van der Waals surface area contributed by atoms with Crippen molar-refractivity contribution in [2.75, 3.05) is 6.61 Å². The molecule has 1 saturated carbocycles. The first-order chi connectivity index (χ1) is 9.13. The number of hydrogen-bond acceptors (Lipinski definition) is 3. The Balaban J connectivity index is 1.95. The summed E-state index contributed by atoms with van der Waals surface area (Å²) in [6.45, 7) is -2.15. The molecule has 0 unspecified atom stereocenters. The lowest BCUT2D eigenvalue weighted by Crippen LogP contribution is -2.45. The van der Waals surface area contributed by atoms with Crippen molar-refractivity contribution >= 4 is 0 Å². The van der Waals surface area contributed by atoms with Crippen molar-refractivity contribution in [1.82, 2.24) is 5.32 Å². The standard InChI is InChI=1S/C14H19F2NO2/c15-13(16)19-12-5-3-4-11(8-12)9-17-14(10-18)6-1-2-7-14/h3-5,8,13,17-18H,1-2,6-7,9-10H2. The summed E-state index contributed by atoms with van der Waals surface area (Å²) in [5, 5.41) is 12.8. The maximum absolute atomic E-state index is 12.1. The smallest absolute Gasteiger partial charge is 0.387 e. The lowest BCUT2D eigenvalue weighted by Gasteiger charge is -2.28. The molecular formula is C14H19F2NO2. The second-order valence-electron chi connectivity index (χ2n) is 5.03. The largest absolute Gasteiger partial charge is 0.435 e. The number of benzene rings is 1. The molecule has 1 aromatic rings. The Bertz CT molecular complexity index is 406. The zero-order valence-corrected chi connectivity index (χ0v) is 10.7. The molecular weight excluding hydrogens is 252 g/mol. The first kappa shape index (κ1) is 14.2. The van der Waals surface area contributed by atoms with E-state index in [9.17, 15) is 13.9 Å². The van der Waals surface area contributed by atoms with Gasteiger partial charge in [-0.05, 0) is 30.5 Å². The number of alkyl halides is 2. The van der Waals surface area contributed by atoms with Gasteiger partial charge < -0.3 is 15.2 Å². The minimum absolute atomic E-state index is 0.111. The molecule has 1 aliphatic carbocycles. The molecule has 1 aliphatic rings. The second kappa shape index (κ2) is 6.30. The minimum Gasteiger partial charge on any atom is -0.435 e. The molecule has 0 aromatic heterocycles. The number of rotatable bonds is 6. The summed E-state index contributed by atoms with van der Waals surface area (Å²) in [6.07, 6.45) is 4.14. The monoisotopic (exact) mass is 271 g/mol. The lowest BCUT2D eigenvalue weighted by molar-refractivity contribution is -0.0498.